The van der Waals surface area contributed by atoms with Gasteiger partial charge in [0.1, 0.15) is 11.2 Å². The van der Waals surface area contributed by atoms with Gasteiger partial charge in [-0.25, -0.2) is 14.5 Å². The van der Waals surface area contributed by atoms with Crippen molar-refractivity contribution in [2.75, 3.05) is 20.8 Å². The number of hydrogen-bond acceptors (Lipinski definition) is 8. The molecule has 2 amide bonds. The number of amides is 2. The molecule has 0 aromatic heterocycles. The lowest BCUT2D eigenvalue weighted by molar-refractivity contribution is -0.204. The minimum Gasteiger partial charge on any atom is -0.467 e. The van der Waals surface area contributed by atoms with Gasteiger partial charge >= 0.3 is 12.1 Å². The van der Waals surface area contributed by atoms with Crippen LogP contribution in [0.15, 0.2) is 0 Å². The predicted octanol–water partition coefficient (Wildman–Crippen LogP) is 3.47. The molecule has 0 aromatic carbocycles. The van der Waals surface area contributed by atoms with Gasteiger partial charge in [0.15, 0.2) is 14.6 Å². The Hall–Kier alpha value is -1.49. The number of likely N-dealkylation sites (tertiary alicyclic amines) is 1. The minimum atomic E-state index is -2.40. The molecule has 10 heteroatoms. The molecule has 0 radical (unpaired) electrons. The van der Waals surface area contributed by atoms with Crippen LogP contribution in [-0.2, 0) is 33.0 Å². The van der Waals surface area contributed by atoms with E-state index in [1.807, 2.05) is 13.1 Å². The molecule has 0 aliphatic carbocycles. The van der Waals surface area contributed by atoms with Crippen LogP contribution >= 0.6 is 0 Å². The Bertz CT molecular complexity index is 771. The fourth-order valence-corrected chi connectivity index (χ4v) is 5.04. The highest BCUT2D eigenvalue weighted by molar-refractivity contribution is 6.74. The monoisotopic (exact) mass is 473 g/mol. The number of carbonyl (C=O) groups is 3. The molecular weight excluding hydrogens is 434 g/mol. The smallest absolute Gasteiger partial charge is 0.418 e. The molecule has 32 heavy (non-hydrogen) atoms. The van der Waals surface area contributed by atoms with Crippen molar-refractivity contribution in [2.45, 2.75) is 96.1 Å². The first-order valence-corrected chi connectivity index (χ1v) is 13.8. The number of nitrogens with zero attached hydrogens (tertiary/aromatic N) is 1. The van der Waals surface area contributed by atoms with Crippen LogP contribution in [0.1, 0.15) is 54.9 Å². The molecule has 2 rings (SSSR count). The summed E-state index contributed by atoms with van der Waals surface area (Å²) in [5.41, 5.74) is -4.17. The maximum Gasteiger partial charge on any atom is 0.418 e. The fourth-order valence-electron chi connectivity index (χ4n) is 4.04. The largest absolute Gasteiger partial charge is 0.467 e. The van der Waals surface area contributed by atoms with Gasteiger partial charge in [0, 0.05) is 13.5 Å². The molecule has 2 saturated heterocycles. The molecule has 1 unspecified atom stereocenters. The summed E-state index contributed by atoms with van der Waals surface area (Å²) in [4.78, 5) is 41.2. The summed E-state index contributed by atoms with van der Waals surface area (Å²) in [7, 11) is 0.287. The highest BCUT2D eigenvalue weighted by Crippen LogP contribution is 2.54. The van der Waals surface area contributed by atoms with Gasteiger partial charge in [-0.15, -0.1) is 0 Å². The van der Waals surface area contributed by atoms with E-state index in [0.717, 1.165) is 4.90 Å². The lowest BCUT2D eigenvalue weighted by Crippen LogP contribution is -2.69. The average Bonchev–Trinajstić information content (AvgIpc) is 3.07. The Kier molecular flexibility index (Phi) is 7.00. The minimum absolute atomic E-state index is 0.171. The zero-order valence-corrected chi connectivity index (χ0v) is 22.3. The Morgan fingerprint density at radius 2 is 1.72 bits per heavy atom. The summed E-state index contributed by atoms with van der Waals surface area (Å²) in [5, 5.41) is -0.171. The second kappa shape index (κ2) is 8.38. The maximum absolute atomic E-state index is 13.6. The van der Waals surface area contributed by atoms with Gasteiger partial charge in [0.25, 0.3) is 0 Å². The van der Waals surface area contributed by atoms with Gasteiger partial charge in [-0.05, 0) is 45.8 Å². The van der Waals surface area contributed by atoms with Gasteiger partial charge in [-0.1, -0.05) is 20.8 Å². The van der Waals surface area contributed by atoms with E-state index in [2.05, 4.69) is 20.8 Å². The first-order chi connectivity index (χ1) is 14.4. The third kappa shape index (κ3) is 4.22. The van der Waals surface area contributed by atoms with Crippen LogP contribution in [0.3, 0.4) is 0 Å². The molecule has 2 aliphatic heterocycles. The topological polar surface area (TPSA) is 101 Å². The Morgan fingerprint density at radius 1 is 1.16 bits per heavy atom. The molecule has 2 heterocycles. The molecule has 0 bridgehead atoms. The van der Waals surface area contributed by atoms with Crippen LogP contribution < -0.4 is 0 Å². The average molecular weight is 474 g/mol. The lowest BCUT2D eigenvalue weighted by atomic mass is 9.77. The van der Waals surface area contributed by atoms with Crippen LogP contribution in [-0.4, -0.2) is 75.0 Å². The molecule has 4 atom stereocenters. The van der Waals surface area contributed by atoms with Crippen molar-refractivity contribution in [3.05, 3.63) is 0 Å². The molecule has 0 aromatic rings. The van der Waals surface area contributed by atoms with E-state index in [0.29, 0.717) is 0 Å². The quantitative estimate of drug-likeness (QED) is 0.442. The third-order valence-corrected chi connectivity index (χ3v) is 11.5. The van der Waals surface area contributed by atoms with E-state index >= 15 is 0 Å². The van der Waals surface area contributed by atoms with Crippen LogP contribution in [0.4, 0.5) is 4.79 Å². The Balaban J connectivity index is 2.67. The summed E-state index contributed by atoms with van der Waals surface area (Å²) in [5.74, 6) is -2.16. The van der Waals surface area contributed by atoms with Gasteiger partial charge in [-0.2, -0.15) is 0 Å². The van der Waals surface area contributed by atoms with Crippen LogP contribution in [0.5, 0.6) is 0 Å². The summed E-state index contributed by atoms with van der Waals surface area (Å²) >= 11 is 0. The van der Waals surface area contributed by atoms with E-state index in [-0.39, 0.29) is 18.1 Å². The van der Waals surface area contributed by atoms with Gasteiger partial charge < -0.3 is 23.4 Å². The molecule has 0 N–H and O–H groups in total. The predicted molar refractivity (Wildman–Crippen MR) is 119 cm³/mol. The molecule has 0 saturated carbocycles. The number of carbonyl (C=O) groups excluding carboxylic acids is 3. The first-order valence-electron chi connectivity index (χ1n) is 10.9. The van der Waals surface area contributed by atoms with Crippen molar-refractivity contribution in [3.63, 3.8) is 0 Å². The number of fused-ring (bicyclic) bond motifs is 1. The van der Waals surface area contributed by atoms with E-state index in [1.54, 1.807) is 27.7 Å². The van der Waals surface area contributed by atoms with E-state index in [4.69, 9.17) is 23.4 Å². The third-order valence-electron chi connectivity index (χ3n) is 7.00. The zero-order chi connectivity index (χ0) is 24.9. The summed E-state index contributed by atoms with van der Waals surface area (Å²) in [6.45, 7) is 16.7. The van der Waals surface area contributed by atoms with Crippen molar-refractivity contribution >= 4 is 26.3 Å². The van der Waals surface area contributed by atoms with Gasteiger partial charge in [0.05, 0.1) is 19.6 Å². The molecule has 9 nitrogen and oxygen atoms in total. The van der Waals surface area contributed by atoms with E-state index < -0.39 is 55.2 Å². The summed E-state index contributed by atoms with van der Waals surface area (Å²) in [6, 6.07) is 0. The number of imide groups is 1. The number of rotatable bonds is 5. The van der Waals surface area contributed by atoms with Crippen molar-refractivity contribution in [1.82, 2.24) is 4.90 Å². The van der Waals surface area contributed by atoms with Gasteiger partial charge in [0.2, 0.25) is 11.4 Å². The lowest BCUT2D eigenvalue weighted by Gasteiger charge is -2.46. The van der Waals surface area contributed by atoms with Crippen molar-refractivity contribution in [2.24, 2.45) is 5.92 Å². The second-order valence-corrected chi connectivity index (χ2v) is 16.0. The normalized spacial score (nSPS) is 31.0. The maximum atomic E-state index is 13.6. The summed E-state index contributed by atoms with van der Waals surface area (Å²) < 4.78 is 28.6. The Morgan fingerprint density at radius 3 is 2.16 bits per heavy atom. The standard InChI is InChI=1S/C22H39NO8Si/c1-19(2,3)31-18(26)23-16(24)14-12-15(27-8)30-21(14,7)22(23,17(25)28-9)13-29-32(10,11)20(4,5)6/h14-15H,12-13H2,1-11H3/t14-,15?,21-,22-/m0/s1. The van der Waals surface area contributed by atoms with Crippen molar-refractivity contribution in [1.29, 1.82) is 0 Å². The van der Waals surface area contributed by atoms with Crippen LogP contribution in [0.25, 0.3) is 0 Å². The summed E-state index contributed by atoms with van der Waals surface area (Å²) in [6.07, 6.45) is -1.43. The molecule has 2 aliphatic rings. The molecular formula is C22H39NO8Si. The Labute approximate surface area is 192 Å². The van der Waals surface area contributed by atoms with Crippen LogP contribution in [0, 0.1) is 5.92 Å². The number of ether oxygens (including phenoxy) is 4. The SMILES string of the molecule is COC(=O)[C@]1(CO[Si](C)(C)C(C)(C)C)N(C(=O)OC(C)(C)C)C(=O)[C@@H]2CC(OC)O[C@@]21C. The van der Waals surface area contributed by atoms with E-state index in [9.17, 15) is 14.4 Å². The van der Waals surface area contributed by atoms with E-state index in [1.165, 1.54) is 14.2 Å². The first kappa shape index (κ1) is 26.8. The number of hydrogen-bond donors (Lipinski definition) is 0. The number of esters is 1. The second-order valence-electron chi connectivity index (χ2n) is 11.2. The fraction of sp³-hybridized carbons (Fsp3) is 0.864. The highest BCUT2D eigenvalue weighted by atomic mass is 28.4. The van der Waals surface area contributed by atoms with Crippen LogP contribution in [0.2, 0.25) is 18.1 Å². The van der Waals surface area contributed by atoms with Crippen molar-refractivity contribution in [3.8, 4) is 0 Å². The van der Waals surface area contributed by atoms with Gasteiger partial charge in [-0.3, -0.25) is 4.79 Å². The molecule has 0 spiro atoms. The molecule has 2 fully saturated rings. The molecule has 184 valence electrons. The zero-order valence-electron chi connectivity index (χ0n) is 21.3. The number of methoxy groups -OCH3 is 2. The van der Waals surface area contributed by atoms with Crippen molar-refractivity contribution < 1.29 is 37.8 Å². The highest BCUT2D eigenvalue weighted by Gasteiger charge is 2.77.